The highest BCUT2D eigenvalue weighted by Crippen LogP contribution is 2.30. The monoisotopic (exact) mass is 339 g/mol. The maximum absolute atomic E-state index is 12.4. The number of rotatable bonds is 4. The molecule has 1 N–H and O–H groups in total. The van der Waals surface area contributed by atoms with Crippen LogP contribution in [0.4, 0.5) is 5.13 Å². The van der Waals surface area contributed by atoms with Crippen molar-refractivity contribution >= 4 is 28.5 Å². The Morgan fingerprint density at radius 2 is 2.17 bits per heavy atom. The highest BCUT2D eigenvalue weighted by atomic mass is 32.1. The van der Waals surface area contributed by atoms with Gasteiger partial charge in [0.05, 0.1) is 12.8 Å². The van der Waals surface area contributed by atoms with Gasteiger partial charge in [0.1, 0.15) is 17.4 Å². The molecule has 24 heavy (non-hydrogen) atoms. The lowest BCUT2D eigenvalue weighted by atomic mass is 10.0. The number of amides is 1. The van der Waals surface area contributed by atoms with E-state index in [9.17, 15) is 10.1 Å². The fraction of sp³-hybridized carbons (Fsp3) is 0.278. The molecule has 0 aliphatic heterocycles. The van der Waals surface area contributed by atoms with Crippen LogP contribution in [0.5, 0.6) is 5.75 Å². The molecule has 1 amide bonds. The number of ether oxygens (including phenoxy) is 1. The molecule has 1 heterocycles. The van der Waals surface area contributed by atoms with Gasteiger partial charge >= 0.3 is 0 Å². The van der Waals surface area contributed by atoms with Crippen LogP contribution in [0.2, 0.25) is 0 Å². The van der Waals surface area contributed by atoms with Crippen LogP contribution >= 0.6 is 11.3 Å². The Morgan fingerprint density at radius 3 is 2.92 bits per heavy atom. The summed E-state index contributed by atoms with van der Waals surface area (Å²) in [5.41, 5.74) is 1.78. The number of thiazole rings is 1. The van der Waals surface area contributed by atoms with Gasteiger partial charge in [-0.2, -0.15) is 5.26 Å². The molecule has 0 spiro atoms. The van der Waals surface area contributed by atoms with E-state index >= 15 is 0 Å². The Hall–Kier alpha value is -2.65. The predicted octanol–water partition coefficient (Wildman–Crippen LogP) is 3.58. The van der Waals surface area contributed by atoms with Gasteiger partial charge in [-0.1, -0.05) is 18.2 Å². The van der Waals surface area contributed by atoms with Crippen LogP contribution in [0.3, 0.4) is 0 Å². The van der Waals surface area contributed by atoms with Crippen LogP contribution in [0.15, 0.2) is 29.8 Å². The number of hydrogen-bond acceptors (Lipinski definition) is 5. The highest BCUT2D eigenvalue weighted by Gasteiger charge is 2.18. The molecule has 1 aliphatic carbocycles. The van der Waals surface area contributed by atoms with E-state index in [0.29, 0.717) is 16.4 Å². The average molecular weight is 339 g/mol. The van der Waals surface area contributed by atoms with Crippen LogP contribution in [-0.4, -0.2) is 18.0 Å². The molecule has 0 unspecified atom stereocenters. The van der Waals surface area contributed by atoms with Gasteiger partial charge in [0.15, 0.2) is 5.13 Å². The van der Waals surface area contributed by atoms with E-state index in [1.165, 1.54) is 28.7 Å². The molecule has 0 saturated heterocycles. The number of carbonyl (C=O) groups excluding carboxylic acids is 1. The number of anilines is 1. The maximum atomic E-state index is 12.4. The van der Waals surface area contributed by atoms with E-state index < -0.39 is 5.91 Å². The van der Waals surface area contributed by atoms with Gasteiger partial charge in [-0.15, -0.1) is 11.3 Å². The molecule has 5 nitrogen and oxygen atoms in total. The second-order valence-corrected chi connectivity index (χ2v) is 6.55. The molecule has 0 bridgehead atoms. The summed E-state index contributed by atoms with van der Waals surface area (Å²) in [6.45, 7) is 0. The second kappa shape index (κ2) is 7.28. The average Bonchev–Trinajstić information content (AvgIpc) is 3.02. The summed E-state index contributed by atoms with van der Waals surface area (Å²) >= 11 is 1.50. The predicted molar refractivity (Wildman–Crippen MR) is 94.0 cm³/mol. The summed E-state index contributed by atoms with van der Waals surface area (Å²) in [6.07, 6.45) is 5.82. The van der Waals surface area contributed by atoms with Gasteiger partial charge in [0.25, 0.3) is 5.91 Å². The van der Waals surface area contributed by atoms with Crippen LogP contribution in [0.1, 0.15) is 29.0 Å². The summed E-state index contributed by atoms with van der Waals surface area (Å²) in [7, 11) is 1.55. The van der Waals surface area contributed by atoms with Crippen molar-refractivity contribution in [2.24, 2.45) is 0 Å². The van der Waals surface area contributed by atoms with E-state index in [1.807, 2.05) is 18.2 Å². The molecular weight excluding hydrogens is 322 g/mol. The summed E-state index contributed by atoms with van der Waals surface area (Å²) < 4.78 is 5.25. The van der Waals surface area contributed by atoms with Crippen LogP contribution in [-0.2, 0) is 17.6 Å². The molecular formula is C18H17N3O2S. The van der Waals surface area contributed by atoms with E-state index in [4.69, 9.17) is 4.74 Å². The summed E-state index contributed by atoms with van der Waals surface area (Å²) in [6, 6.07) is 9.20. The van der Waals surface area contributed by atoms with E-state index in [1.54, 1.807) is 19.2 Å². The standard InChI is InChI=1S/C18H17N3O2S/c1-23-15-8-4-2-6-12(15)10-13(11-19)17(22)21-18-20-14-7-3-5-9-16(14)24-18/h2,4,6,8,10H,3,5,7,9H2,1H3,(H,20,21,22)/b13-10+. The van der Waals surface area contributed by atoms with Crippen LogP contribution < -0.4 is 10.1 Å². The number of carbonyl (C=O) groups is 1. The molecule has 1 aliphatic rings. The van der Waals surface area contributed by atoms with Gasteiger partial charge in [0, 0.05) is 10.4 Å². The normalized spacial score (nSPS) is 13.8. The molecule has 1 aromatic heterocycles. The Bertz CT molecular complexity index is 810. The Balaban J connectivity index is 1.80. The lowest BCUT2D eigenvalue weighted by Gasteiger charge is -2.06. The number of benzene rings is 1. The van der Waals surface area contributed by atoms with Gasteiger partial charge in [-0.25, -0.2) is 4.98 Å². The number of nitrogens with zero attached hydrogens (tertiary/aromatic N) is 2. The lowest BCUT2D eigenvalue weighted by molar-refractivity contribution is -0.112. The zero-order valence-corrected chi connectivity index (χ0v) is 14.2. The van der Waals surface area contributed by atoms with Crippen molar-refractivity contribution in [2.45, 2.75) is 25.7 Å². The minimum atomic E-state index is -0.450. The van der Waals surface area contributed by atoms with Gasteiger partial charge < -0.3 is 4.74 Å². The number of methoxy groups -OCH3 is 1. The SMILES string of the molecule is COc1ccccc1/C=C(\C#N)C(=O)Nc1nc2c(s1)CCCC2. The molecule has 0 saturated carbocycles. The Kier molecular flexibility index (Phi) is 4.92. The van der Waals surface area contributed by atoms with Crippen molar-refractivity contribution in [1.82, 2.24) is 4.98 Å². The molecule has 0 radical (unpaired) electrons. The molecule has 1 aromatic carbocycles. The quantitative estimate of drug-likeness (QED) is 0.682. The first-order valence-corrected chi connectivity index (χ1v) is 8.57. The molecule has 3 rings (SSSR count). The first-order chi connectivity index (χ1) is 11.7. The number of nitrogens with one attached hydrogen (secondary N) is 1. The topological polar surface area (TPSA) is 75.0 Å². The van der Waals surface area contributed by atoms with E-state index in [2.05, 4.69) is 10.3 Å². The Labute approximate surface area is 144 Å². The number of fused-ring (bicyclic) bond motifs is 1. The Morgan fingerprint density at radius 1 is 1.38 bits per heavy atom. The van der Waals surface area contributed by atoms with Crippen molar-refractivity contribution in [2.75, 3.05) is 12.4 Å². The van der Waals surface area contributed by atoms with Crippen molar-refractivity contribution < 1.29 is 9.53 Å². The van der Waals surface area contributed by atoms with Crippen molar-refractivity contribution in [1.29, 1.82) is 5.26 Å². The number of para-hydroxylation sites is 1. The highest BCUT2D eigenvalue weighted by molar-refractivity contribution is 7.15. The molecule has 0 atom stereocenters. The zero-order chi connectivity index (χ0) is 16.9. The van der Waals surface area contributed by atoms with Crippen LogP contribution in [0.25, 0.3) is 6.08 Å². The third-order valence-electron chi connectivity index (χ3n) is 3.87. The van der Waals surface area contributed by atoms with E-state index in [0.717, 1.165) is 25.0 Å². The first kappa shape index (κ1) is 16.2. The minimum Gasteiger partial charge on any atom is -0.496 e. The van der Waals surface area contributed by atoms with Gasteiger partial charge in [-0.05, 0) is 37.8 Å². The molecule has 122 valence electrons. The fourth-order valence-electron chi connectivity index (χ4n) is 2.66. The van der Waals surface area contributed by atoms with Gasteiger partial charge in [0.2, 0.25) is 0 Å². The second-order valence-electron chi connectivity index (χ2n) is 5.46. The summed E-state index contributed by atoms with van der Waals surface area (Å²) in [4.78, 5) is 18.1. The zero-order valence-electron chi connectivity index (χ0n) is 13.3. The van der Waals surface area contributed by atoms with E-state index in [-0.39, 0.29) is 5.57 Å². The third kappa shape index (κ3) is 3.47. The number of nitriles is 1. The van der Waals surface area contributed by atoms with Crippen molar-refractivity contribution in [3.8, 4) is 11.8 Å². The fourth-order valence-corrected chi connectivity index (χ4v) is 3.70. The summed E-state index contributed by atoms with van der Waals surface area (Å²) in [5, 5.41) is 12.6. The smallest absolute Gasteiger partial charge is 0.268 e. The maximum Gasteiger partial charge on any atom is 0.268 e. The minimum absolute atomic E-state index is 0.0210. The number of aryl methyl sites for hydroxylation is 2. The van der Waals surface area contributed by atoms with Crippen molar-refractivity contribution in [3.05, 3.63) is 46.0 Å². The van der Waals surface area contributed by atoms with Gasteiger partial charge in [-0.3, -0.25) is 10.1 Å². The molecule has 2 aromatic rings. The number of aromatic nitrogens is 1. The largest absolute Gasteiger partial charge is 0.496 e. The molecule has 6 heteroatoms. The number of hydrogen-bond donors (Lipinski definition) is 1. The first-order valence-electron chi connectivity index (χ1n) is 7.76. The lowest BCUT2D eigenvalue weighted by Crippen LogP contribution is -2.13. The molecule has 0 fully saturated rings. The van der Waals surface area contributed by atoms with Crippen LogP contribution in [0, 0.1) is 11.3 Å². The van der Waals surface area contributed by atoms with Crippen molar-refractivity contribution in [3.63, 3.8) is 0 Å². The third-order valence-corrected chi connectivity index (χ3v) is 4.94. The summed E-state index contributed by atoms with van der Waals surface area (Å²) in [5.74, 6) is 0.164.